The van der Waals surface area contributed by atoms with Crippen LogP contribution in [0, 0.1) is 3.57 Å². The summed E-state index contributed by atoms with van der Waals surface area (Å²) < 4.78 is 5.72. The summed E-state index contributed by atoms with van der Waals surface area (Å²) in [4.78, 5) is 11.0. The second-order valence-electron chi connectivity index (χ2n) is 2.21. The number of halogens is 3. The Morgan fingerprint density at radius 1 is 1.54 bits per heavy atom. The molecule has 0 unspecified atom stereocenters. The third kappa shape index (κ3) is 2.27. The van der Waals surface area contributed by atoms with E-state index in [0.717, 1.165) is 3.57 Å². The molecule has 0 aliphatic rings. The third-order valence-electron chi connectivity index (χ3n) is 1.47. The number of rotatable bonds is 2. The van der Waals surface area contributed by atoms with Crippen LogP contribution in [0.4, 0.5) is 0 Å². The van der Waals surface area contributed by atoms with E-state index in [-0.39, 0.29) is 5.56 Å². The highest BCUT2D eigenvalue weighted by atomic mass is 127. The largest absolute Gasteiger partial charge is 0.496 e. The summed E-state index contributed by atoms with van der Waals surface area (Å²) in [5.41, 5.74) is 0.220. The van der Waals surface area contributed by atoms with Crippen LogP contribution >= 0.6 is 45.8 Å². The molecule has 0 heterocycles. The molecule has 5 heteroatoms. The molecule has 0 bridgehead atoms. The fraction of sp³-hybridized carbons (Fsp3) is 0.125. The predicted octanol–water partition coefficient (Wildman–Crippen LogP) is 3.33. The van der Waals surface area contributed by atoms with Gasteiger partial charge in [0.25, 0.3) is 5.24 Å². The Kier molecular flexibility index (Phi) is 3.82. The van der Waals surface area contributed by atoms with E-state index in [1.807, 2.05) is 22.6 Å². The van der Waals surface area contributed by atoms with Gasteiger partial charge in [-0.3, -0.25) is 4.79 Å². The predicted molar refractivity (Wildman–Crippen MR) is 60.9 cm³/mol. The first kappa shape index (κ1) is 11.1. The Labute approximate surface area is 99.3 Å². The van der Waals surface area contributed by atoms with Crippen LogP contribution in [0.15, 0.2) is 12.1 Å². The molecule has 0 amide bonds. The lowest BCUT2D eigenvalue weighted by Crippen LogP contribution is -1.97. The topological polar surface area (TPSA) is 26.3 Å². The smallest absolute Gasteiger partial charge is 0.257 e. The van der Waals surface area contributed by atoms with Gasteiger partial charge in [-0.25, -0.2) is 0 Å². The first-order valence-electron chi connectivity index (χ1n) is 3.29. The van der Waals surface area contributed by atoms with E-state index < -0.39 is 5.24 Å². The van der Waals surface area contributed by atoms with Gasteiger partial charge in [0.05, 0.1) is 17.7 Å². The average molecular weight is 331 g/mol. The fourth-order valence-corrected chi connectivity index (χ4v) is 1.81. The molecule has 1 aromatic rings. The zero-order valence-corrected chi connectivity index (χ0v) is 10.3. The van der Waals surface area contributed by atoms with Crippen molar-refractivity contribution in [2.75, 3.05) is 7.11 Å². The lowest BCUT2D eigenvalue weighted by Gasteiger charge is -2.07. The van der Waals surface area contributed by atoms with Gasteiger partial charge in [0, 0.05) is 3.57 Å². The Morgan fingerprint density at radius 2 is 2.15 bits per heavy atom. The number of hydrogen-bond acceptors (Lipinski definition) is 2. The summed E-state index contributed by atoms with van der Waals surface area (Å²) in [6.45, 7) is 0. The maximum atomic E-state index is 11.0. The minimum atomic E-state index is -0.611. The van der Waals surface area contributed by atoms with Crippen LogP contribution in [-0.4, -0.2) is 12.4 Å². The van der Waals surface area contributed by atoms with E-state index in [0.29, 0.717) is 10.8 Å². The molecule has 2 nitrogen and oxygen atoms in total. The molecule has 1 aromatic carbocycles. The summed E-state index contributed by atoms with van der Waals surface area (Å²) in [6.07, 6.45) is 0. The fourth-order valence-electron chi connectivity index (χ4n) is 0.886. The minimum Gasteiger partial charge on any atom is -0.496 e. The van der Waals surface area contributed by atoms with Gasteiger partial charge in [-0.05, 0) is 46.3 Å². The maximum absolute atomic E-state index is 11.0. The molecule has 0 N–H and O–H groups in total. The SMILES string of the molecule is COc1ccc(I)c(Cl)c1C(=O)Cl. The first-order valence-corrected chi connectivity index (χ1v) is 5.13. The van der Waals surface area contributed by atoms with Gasteiger partial charge in [0.15, 0.2) is 0 Å². The summed E-state index contributed by atoms with van der Waals surface area (Å²) >= 11 is 13.3. The van der Waals surface area contributed by atoms with Crippen LogP contribution in [0.25, 0.3) is 0 Å². The summed E-state index contributed by atoms with van der Waals surface area (Å²) in [7, 11) is 1.46. The number of hydrogen-bond donors (Lipinski definition) is 0. The highest BCUT2D eigenvalue weighted by molar-refractivity contribution is 14.1. The van der Waals surface area contributed by atoms with E-state index >= 15 is 0 Å². The lowest BCUT2D eigenvalue weighted by atomic mass is 10.2. The third-order valence-corrected chi connectivity index (χ3v) is 3.27. The van der Waals surface area contributed by atoms with Gasteiger partial charge in [-0.1, -0.05) is 11.6 Å². The van der Waals surface area contributed by atoms with Gasteiger partial charge in [0.2, 0.25) is 0 Å². The van der Waals surface area contributed by atoms with Gasteiger partial charge in [-0.2, -0.15) is 0 Å². The van der Waals surface area contributed by atoms with E-state index in [4.69, 9.17) is 27.9 Å². The van der Waals surface area contributed by atoms with Crippen molar-refractivity contribution >= 4 is 51.0 Å². The Balaban J connectivity index is 3.41. The molecule has 0 radical (unpaired) electrons. The average Bonchev–Trinajstić information content (AvgIpc) is 2.08. The van der Waals surface area contributed by atoms with Gasteiger partial charge < -0.3 is 4.74 Å². The second-order valence-corrected chi connectivity index (χ2v) is 4.10. The van der Waals surface area contributed by atoms with Crippen LogP contribution in [0.5, 0.6) is 5.75 Å². The van der Waals surface area contributed by atoms with Crippen LogP contribution in [-0.2, 0) is 0 Å². The van der Waals surface area contributed by atoms with E-state index in [1.165, 1.54) is 7.11 Å². The molecule has 0 saturated heterocycles. The molecule has 0 saturated carbocycles. The van der Waals surface area contributed by atoms with Crippen molar-refractivity contribution < 1.29 is 9.53 Å². The zero-order valence-electron chi connectivity index (χ0n) is 6.61. The van der Waals surface area contributed by atoms with E-state index in [9.17, 15) is 4.79 Å². The molecular formula is C8H5Cl2IO2. The quantitative estimate of drug-likeness (QED) is 0.614. The molecule has 1 rings (SSSR count). The number of benzene rings is 1. The van der Waals surface area contributed by atoms with Crippen LogP contribution in [0.2, 0.25) is 5.02 Å². The Hall–Kier alpha value is -0.000000000000000167. The highest BCUT2D eigenvalue weighted by Gasteiger charge is 2.16. The van der Waals surface area contributed by atoms with Crippen molar-refractivity contribution in [3.05, 3.63) is 26.3 Å². The number of carbonyl (C=O) groups excluding carboxylic acids is 1. The summed E-state index contributed by atoms with van der Waals surface area (Å²) in [6, 6.07) is 3.41. The number of carbonyl (C=O) groups is 1. The van der Waals surface area contributed by atoms with Crippen molar-refractivity contribution in [2.24, 2.45) is 0 Å². The monoisotopic (exact) mass is 330 g/mol. The number of ether oxygens (including phenoxy) is 1. The molecule has 0 fully saturated rings. The van der Waals surface area contributed by atoms with Gasteiger partial charge in [-0.15, -0.1) is 0 Å². The summed E-state index contributed by atoms with van der Waals surface area (Å²) in [5, 5.41) is -0.277. The van der Waals surface area contributed by atoms with Crippen molar-refractivity contribution in [2.45, 2.75) is 0 Å². The summed E-state index contributed by atoms with van der Waals surface area (Å²) in [5.74, 6) is 0.394. The van der Waals surface area contributed by atoms with Gasteiger partial charge in [0.1, 0.15) is 5.75 Å². The second kappa shape index (κ2) is 4.48. The molecule has 13 heavy (non-hydrogen) atoms. The lowest BCUT2D eigenvalue weighted by molar-refractivity contribution is 0.107. The normalized spacial score (nSPS) is 9.85. The van der Waals surface area contributed by atoms with Crippen molar-refractivity contribution in [3.8, 4) is 5.75 Å². The van der Waals surface area contributed by atoms with Crippen LogP contribution in [0.3, 0.4) is 0 Å². The van der Waals surface area contributed by atoms with Crippen LogP contribution < -0.4 is 4.74 Å². The zero-order chi connectivity index (χ0) is 10.0. The van der Waals surface area contributed by atoms with Gasteiger partial charge >= 0.3 is 0 Å². The van der Waals surface area contributed by atoms with E-state index in [2.05, 4.69) is 0 Å². The molecule has 70 valence electrons. The van der Waals surface area contributed by atoms with Crippen molar-refractivity contribution in [3.63, 3.8) is 0 Å². The molecular weight excluding hydrogens is 326 g/mol. The standard InChI is InChI=1S/C8H5Cl2IO2/c1-13-5-3-2-4(11)7(9)6(5)8(10)12/h2-3H,1H3. The van der Waals surface area contributed by atoms with Crippen molar-refractivity contribution in [1.29, 1.82) is 0 Å². The Bertz CT molecular complexity index is 352. The molecule has 0 aromatic heterocycles. The van der Waals surface area contributed by atoms with Crippen molar-refractivity contribution in [1.82, 2.24) is 0 Å². The van der Waals surface area contributed by atoms with E-state index in [1.54, 1.807) is 12.1 Å². The maximum Gasteiger partial charge on any atom is 0.257 e. The van der Waals surface area contributed by atoms with Crippen LogP contribution in [0.1, 0.15) is 10.4 Å². The molecule has 0 atom stereocenters. The molecule has 0 aliphatic heterocycles. The minimum absolute atomic E-state index is 0.220. The molecule has 0 aliphatic carbocycles. The molecule has 0 spiro atoms. The highest BCUT2D eigenvalue weighted by Crippen LogP contribution is 2.31. The Morgan fingerprint density at radius 3 is 2.62 bits per heavy atom. The first-order chi connectivity index (χ1) is 6.07. The number of methoxy groups -OCH3 is 1.